The van der Waals surface area contributed by atoms with Crippen LogP contribution in [0.25, 0.3) is 22.4 Å². The third-order valence-corrected chi connectivity index (χ3v) is 4.05. The van der Waals surface area contributed by atoms with Crippen LogP contribution in [0.1, 0.15) is 11.4 Å². The number of oxazole rings is 1. The van der Waals surface area contributed by atoms with E-state index < -0.39 is 0 Å². The second-order valence-corrected chi connectivity index (χ2v) is 5.94. The van der Waals surface area contributed by atoms with Crippen LogP contribution in [0.5, 0.6) is 11.5 Å². The molecule has 5 heteroatoms. The Morgan fingerprint density at radius 2 is 1.85 bits per heavy atom. The molecule has 0 aliphatic heterocycles. The first-order valence-electron chi connectivity index (χ1n) is 8.31. The number of aromatic nitrogens is 2. The molecule has 0 fully saturated rings. The smallest absolute Gasteiger partial charge is 0.226 e. The van der Waals surface area contributed by atoms with Crippen molar-refractivity contribution in [3.05, 3.63) is 72.2 Å². The molecule has 5 nitrogen and oxygen atoms in total. The molecule has 0 saturated carbocycles. The van der Waals surface area contributed by atoms with Crippen LogP contribution in [0, 0.1) is 6.92 Å². The average Bonchev–Trinajstić information content (AvgIpc) is 3.15. The molecule has 0 spiro atoms. The number of methoxy groups -OCH3 is 1. The van der Waals surface area contributed by atoms with Crippen LogP contribution in [0.15, 0.2) is 65.3 Å². The van der Waals surface area contributed by atoms with Crippen molar-refractivity contribution >= 4 is 10.9 Å². The Morgan fingerprint density at radius 3 is 2.65 bits per heavy atom. The van der Waals surface area contributed by atoms with E-state index in [1.165, 1.54) is 0 Å². The van der Waals surface area contributed by atoms with Crippen molar-refractivity contribution in [2.45, 2.75) is 13.5 Å². The van der Waals surface area contributed by atoms with Gasteiger partial charge in [-0.25, -0.2) is 4.98 Å². The lowest BCUT2D eigenvalue weighted by molar-refractivity contribution is 0.304. The lowest BCUT2D eigenvalue weighted by atomic mass is 10.1. The molecule has 0 radical (unpaired) electrons. The summed E-state index contributed by atoms with van der Waals surface area (Å²) in [6, 6.07) is 17.5. The third kappa shape index (κ3) is 3.24. The Morgan fingerprint density at radius 1 is 1.00 bits per heavy atom. The van der Waals surface area contributed by atoms with Crippen LogP contribution < -0.4 is 9.47 Å². The number of nitrogens with zero attached hydrogens (tertiary/aromatic N) is 2. The van der Waals surface area contributed by atoms with Crippen LogP contribution in [-0.4, -0.2) is 17.1 Å². The molecule has 130 valence electrons. The first-order chi connectivity index (χ1) is 12.7. The van der Waals surface area contributed by atoms with Gasteiger partial charge in [0.25, 0.3) is 0 Å². The van der Waals surface area contributed by atoms with Crippen LogP contribution in [0.2, 0.25) is 0 Å². The highest BCUT2D eigenvalue weighted by Crippen LogP contribution is 2.29. The zero-order valence-corrected chi connectivity index (χ0v) is 14.6. The summed E-state index contributed by atoms with van der Waals surface area (Å²) in [6.45, 7) is 2.26. The van der Waals surface area contributed by atoms with Crippen molar-refractivity contribution in [2.24, 2.45) is 0 Å². The molecule has 2 aromatic carbocycles. The van der Waals surface area contributed by atoms with Crippen molar-refractivity contribution in [3.8, 4) is 23.0 Å². The molecule has 0 atom stereocenters. The van der Waals surface area contributed by atoms with E-state index in [4.69, 9.17) is 13.9 Å². The van der Waals surface area contributed by atoms with Crippen LogP contribution >= 0.6 is 0 Å². The Hall–Kier alpha value is -3.34. The zero-order valence-electron chi connectivity index (χ0n) is 14.6. The van der Waals surface area contributed by atoms with E-state index in [-0.39, 0.29) is 0 Å². The van der Waals surface area contributed by atoms with Gasteiger partial charge in [-0.1, -0.05) is 18.2 Å². The number of pyridine rings is 1. The van der Waals surface area contributed by atoms with E-state index in [1.54, 1.807) is 13.4 Å². The molecule has 0 amide bonds. The van der Waals surface area contributed by atoms with Gasteiger partial charge in [0.1, 0.15) is 30.1 Å². The molecule has 4 aromatic rings. The van der Waals surface area contributed by atoms with E-state index >= 15 is 0 Å². The van der Waals surface area contributed by atoms with E-state index in [9.17, 15) is 0 Å². The predicted molar refractivity (Wildman–Crippen MR) is 99.3 cm³/mol. The second-order valence-electron chi connectivity index (χ2n) is 5.94. The third-order valence-electron chi connectivity index (χ3n) is 4.05. The van der Waals surface area contributed by atoms with E-state index in [2.05, 4.69) is 9.97 Å². The maximum Gasteiger partial charge on any atom is 0.226 e. The molecule has 0 bridgehead atoms. The van der Waals surface area contributed by atoms with Crippen LogP contribution in [0.4, 0.5) is 0 Å². The van der Waals surface area contributed by atoms with E-state index in [0.29, 0.717) is 12.5 Å². The fraction of sp³-hybridized carbons (Fsp3) is 0.143. The molecule has 0 N–H and O–H groups in total. The minimum absolute atomic E-state index is 0.312. The number of benzene rings is 2. The molecule has 0 aliphatic carbocycles. The van der Waals surface area contributed by atoms with Crippen molar-refractivity contribution in [1.29, 1.82) is 0 Å². The summed E-state index contributed by atoms with van der Waals surface area (Å²) in [6.07, 6.45) is 1.62. The van der Waals surface area contributed by atoms with E-state index in [0.717, 1.165) is 39.4 Å². The Labute approximate surface area is 151 Å². The largest absolute Gasteiger partial charge is 0.497 e. The minimum Gasteiger partial charge on any atom is -0.497 e. The lowest BCUT2D eigenvalue weighted by Crippen LogP contribution is -1.98. The molecular weight excluding hydrogens is 328 g/mol. The lowest BCUT2D eigenvalue weighted by Gasteiger charge is -2.10. The maximum absolute atomic E-state index is 6.02. The fourth-order valence-corrected chi connectivity index (χ4v) is 2.78. The normalized spacial score (nSPS) is 10.8. The van der Waals surface area contributed by atoms with Gasteiger partial charge in [0, 0.05) is 22.7 Å². The summed E-state index contributed by atoms with van der Waals surface area (Å²) >= 11 is 0. The summed E-state index contributed by atoms with van der Waals surface area (Å²) in [7, 11) is 1.64. The van der Waals surface area contributed by atoms with Crippen molar-refractivity contribution < 1.29 is 13.9 Å². The Kier molecular flexibility index (Phi) is 4.27. The van der Waals surface area contributed by atoms with Crippen molar-refractivity contribution in [3.63, 3.8) is 0 Å². The standard InChI is InChI=1S/C21H18N2O3/c1-14-10-20(18-11-17(24-2)8-9-19(18)22-14)25-12-16-13-26-21(23-16)15-6-4-3-5-7-15/h3-11,13H,12H2,1-2H3. The van der Waals surface area contributed by atoms with E-state index in [1.807, 2.05) is 61.5 Å². The van der Waals surface area contributed by atoms with Gasteiger partial charge >= 0.3 is 0 Å². The summed E-state index contributed by atoms with van der Waals surface area (Å²) in [5.41, 5.74) is 3.43. The molecule has 0 unspecified atom stereocenters. The molecule has 0 aliphatic rings. The van der Waals surface area contributed by atoms with Crippen molar-refractivity contribution in [2.75, 3.05) is 7.11 Å². The van der Waals surface area contributed by atoms with Gasteiger partial charge in [0.2, 0.25) is 5.89 Å². The molecule has 2 heterocycles. The zero-order chi connectivity index (χ0) is 17.9. The highest BCUT2D eigenvalue weighted by atomic mass is 16.5. The van der Waals surface area contributed by atoms with Gasteiger partial charge in [-0.05, 0) is 37.3 Å². The quantitative estimate of drug-likeness (QED) is 0.520. The number of ether oxygens (including phenoxy) is 2. The summed E-state index contributed by atoms with van der Waals surface area (Å²) in [4.78, 5) is 9.04. The minimum atomic E-state index is 0.312. The molecule has 0 saturated heterocycles. The molecular formula is C21H18N2O3. The Bertz CT molecular complexity index is 1040. The summed E-state index contributed by atoms with van der Waals surface area (Å²) in [5, 5.41) is 0.904. The van der Waals surface area contributed by atoms with Crippen LogP contribution in [-0.2, 0) is 6.61 Å². The van der Waals surface area contributed by atoms with Crippen molar-refractivity contribution in [1.82, 2.24) is 9.97 Å². The average molecular weight is 346 g/mol. The number of hydrogen-bond acceptors (Lipinski definition) is 5. The predicted octanol–water partition coefficient (Wildman–Crippen LogP) is 4.79. The number of hydrogen-bond donors (Lipinski definition) is 0. The SMILES string of the molecule is COc1ccc2nc(C)cc(OCc3coc(-c4ccccc4)n3)c2c1. The molecule has 4 rings (SSSR count). The summed E-state index contributed by atoms with van der Waals surface area (Å²) < 4.78 is 16.9. The molecule has 26 heavy (non-hydrogen) atoms. The topological polar surface area (TPSA) is 57.4 Å². The summed E-state index contributed by atoms with van der Waals surface area (Å²) in [5.74, 6) is 2.10. The van der Waals surface area contributed by atoms with Gasteiger partial charge in [-0.2, -0.15) is 0 Å². The van der Waals surface area contributed by atoms with Gasteiger partial charge in [0.05, 0.1) is 12.6 Å². The fourth-order valence-electron chi connectivity index (χ4n) is 2.78. The van der Waals surface area contributed by atoms with Gasteiger partial charge in [0.15, 0.2) is 0 Å². The second kappa shape index (κ2) is 6.88. The van der Waals surface area contributed by atoms with Gasteiger partial charge < -0.3 is 13.9 Å². The van der Waals surface area contributed by atoms with Gasteiger partial charge in [-0.3, -0.25) is 4.98 Å². The van der Waals surface area contributed by atoms with Gasteiger partial charge in [-0.15, -0.1) is 0 Å². The highest BCUT2D eigenvalue weighted by molar-refractivity contribution is 5.86. The number of aryl methyl sites for hydroxylation is 1. The first-order valence-corrected chi connectivity index (χ1v) is 8.31. The monoisotopic (exact) mass is 346 g/mol. The Balaban J connectivity index is 1.59. The maximum atomic E-state index is 6.02. The number of rotatable bonds is 5. The number of fused-ring (bicyclic) bond motifs is 1. The van der Waals surface area contributed by atoms with Crippen LogP contribution in [0.3, 0.4) is 0 Å². The molecule has 2 aromatic heterocycles. The highest BCUT2D eigenvalue weighted by Gasteiger charge is 2.10. The first kappa shape index (κ1) is 16.1.